The number of nitrogen functional groups attached to an aromatic ring is 1. The van der Waals surface area contributed by atoms with E-state index in [1.54, 1.807) is 0 Å². The maximum Gasteiger partial charge on any atom is 0.323 e. The Hall–Kier alpha value is -2.38. The van der Waals surface area contributed by atoms with Crippen LogP contribution in [-0.2, 0) is 0 Å². The summed E-state index contributed by atoms with van der Waals surface area (Å²) >= 11 is 0. The number of rotatable bonds is 5. The fourth-order valence-corrected chi connectivity index (χ4v) is 2.07. The molecule has 3 N–H and O–H groups in total. The third-order valence-corrected chi connectivity index (χ3v) is 2.84. The summed E-state index contributed by atoms with van der Waals surface area (Å²) in [5.41, 5.74) is 7.48. The molecule has 8 heteroatoms. The Labute approximate surface area is 123 Å². The largest absolute Gasteiger partial charge is 0.461 e. The quantitative estimate of drug-likeness (QED) is 0.860. The van der Waals surface area contributed by atoms with Gasteiger partial charge in [0.05, 0.1) is 17.8 Å². The number of aryl methyl sites for hydroxylation is 2. The second kappa shape index (κ2) is 5.94. The Kier molecular flexibility index (Phi) is 4.25. The molecule has 21 heavy (non-hydrogen) atoms. The molecule has 0 radical (unpaired) electrons. The van der Waals surface area contributed by atoms with Crippen molar-refractivity contribution in [3.63, 3.8) is 0 Å². The Morgan fingerprint density at radius 3 is 2.43 bits per heavy atom. The fourth-order valence-electron chi connectivity index (χ4n) is 2.07. The normalized spacial score (nSPS) is 12.5. The van der Waals surface area contributed by atoms with Gasteiger partial charge in [-0.2, -0.15) is 15.0 Å². The molecule has 2 aromatic rings. The minimum absolute atomic E-state index is 0.0420. The van der Waals surface area contributed by atoms with Crippen molar-refractivity contribution in [2.45, 2.75) is 46.8 Å². The predicted molar refractivity (Wildman–Crippen MR) is 78.0 cm³/mol. The van der Waals surface area contributed by atoms with Gasteiger partial charge in [0.15, 0.2) is 0 Å². The molecule has 8 nitrogen and oxygen atoms in total. The lowest BCUT2D eigenvalue weighted by molar-refractivity contribution is 0.222. The number of nitrogens with two attached hydrogens (primary N) is 1. The number of aromatic nitrogens is 4. The van der Waals surface area contributed by atoms with Gasteiger partial charge < -0.3 is 20.3 Å². The third kappa shape index (κ3) is 3.59. The summed E-state index contributed by atoms with van der Waals surface area (Å²) in [7, 11) is 0. The zero-order valence-electron chi connectivity index (χ0n) is 12.8. The summed E-state index contributed by atoms with van der Waals surface area (Å²) < 4.78 is 10.6. The van der Waals surface area contributed by atoms with Crippen LogP contribution in [0.2, 0.25) is 0 Å². The van der Waals surface area contributed by atoms with Gasteiger partial charge in [-0.15, -0.1) is 0 Å². The first-order valence-corrected chi connectivity index (χ1v) is 6.74. The maximum absolute atomic E-state index is 5.68. The molecule has 0 saturated carbocycles. The van der Waals surface area contributed by atoms with Gasteiger partial charge in [-0.3, -0.25) is 0 Å². The number of ether oxygens (including phenoxy) is 1. The van der Waals surface area contributed by atoms with Crippen molar-refractivity contribution in [3.05, 3.63) is 17.0 Å². The average Bonchev–Trinajstić information content (AvgIpc) is 2.67. The lowest BCUT2D eigenvalue weighted by Gasteiger charge is -2.15. The maximum atomic E-state index is 5.68. The molecule has 0 amide bonds. The molecule has 0 fully saturated rings. The average molecular weight is 292 g/mol. The van der Waals surface area contributed by atoms with Gasteiger partial charge in [0.2, 0.25) is 11.9 Å². The van der Waals surface area contributed by atoms with Gasteiger partial charge in [-0.05, 0) is 34.6 Å². The molecular formula is C13H20N6O2. The van der Waals surface area contributed by atoms with Crippen molar-refractivity contribution in [2.24, 2.45) is 0 Å². The van der Waals surface area contributed by atoms with Gasteiger partial charge in [0.25, 0.3) is 0 Å². The van der Waals surface area contributed by atoms with Gasteiger partial charge >= 0.3 is 6.01 Å². The lowest BCUT2D eigenvalue weighted by Crippen LogP contribution is -2.15. The SMILES string of the molecule is Cc1noc(C)c1C(C)Nc1nc(N)nc(OC(C)C)n1. The van der Waals surface area contributed by atoms with Crippen LogP contribution in [0.5, 0.6) is 6.01 Å². The third-order valence-electron chi connectivity index (χ3n) is 2.84. The van der Waals surface area contributed by atoms with Crippen LogP contribution in [0.1, 0.15) is 43.8 Å². The molecule has 1 atom stereocenters. The monoisotopic (exact) mass is 292 g/mol. The van der Waals surface area contributed by atoms with Crippen molar-refractivity contribution in [2.75, 3.05) is 11.1 Å². The van der Waals surface area contributed by atoms with Gasteiger partial charge in [0.1, 0.15) is 5.76 Å². The highest BCUT2D eigenvalue weighted by atomic mass is 16.5. The summed E-state index contributed by atoms with van der Waals surface area (Å²) in [6.07, 6.45) is -0.0420. The standard InChI is InChI=1S/C13H20N6O2/c1-6(2)20-13-17-11(14)16-12(18-13)15-7(3)10-8(4)19-21-9(10)5/h6-7H,1-5H3,(H3,14,15,16,17,18). The van der Waals surface area contributed by atoms with Crippen LogP contribution in [0.4, 0.5) is 11.9 Å². The Morgan fingerprint density at radius 1 is 1.14 bits per heavy atom. The zero-order valence-corrected chi connectivity index (χ0v) is 12.8. The zero-order chi connectivity index (χ0) is 15.6. The molecule has 0 aromatic carbocycles. The minimum Gasteiger partial charge on any atom is -0.461 e. The number of nitrogens with one attached hydrogen (secondary N) is 1. The summed E-state index contributed by atoms with van der Waals surface area (Å²) in [6, 6.07) is 0.121. The van der Waals surface area contributed by atoms with E-state index in [1.807, 2.05) is 34.6 Å². The van der Waals surface area contributed by atoms with Crippen LogP contribution in [0.3, 0.4) is 0 Å². The minimum atomic E-state index is -0.0788. The Bertz CT molecular complexity index is 606. The van der Waals surface area contributed by atoms with Crippen LogP contribution in [0.25, 0.3) is 0 Å². The molecule has 2 heterocycles. The van der Waals surface area contributed by atoms with E-state index in [2.05, 4.69) is 25.4 Å². The topological polar surface area (TPSA) is 112 Å². The van der Waals surface area contributed by atoms with Crippen LogP contribution in [0, 0.1) is 13.8 Å². The van der Waals surface area contributed by atoms with Crippen molar-refractivity contribution in [1.29, 1.82) is 0 Å². The van der Waals surface area contributed by atoms with E-state index in [-0.39, 0.29) is 24.1 Å². The summed E-state index contributed by atoms with van der Waals surface area (Å²) in [4.78, 5) is 12.2. The second-order valence-electron chi connectivity index (χ2n) is 5.07. The van der Waals surface area contributed by atoms with Gasteiger partial charge in [-0.25, -0.2) is 0 Å². The molecule has 1 unspecified atom stereocenters. The van der Waals surface area contributed by atoms with Crippen molar-refractivity contribution < 1.29 is 9.26 Å². The molecule has 0 aliphatic heterocycles. The number of anilines is 2. The molecule has 0 spiro atoms. The molecule has 0 aliphatic rings. The molecule has 0 saturated heterocycles. The second-order valence-corrected chi connectivity index (χ2v) is 5.07. The van der Waals surface area contributed by atoms with E-state index in [0.717, 1.165) is 17.0 Å². The van der Waals surface area contributed by atoms with E-state index in [0.29, 0.717) is 5.95 Å². The van der Waals surface area contributed by atoms with Crippen LogP contribution in [-0.4, -0.2) is 26.2 Å². The molecule has 0 bridgehead atoms. The van der Waals surface area contributed by atoms with Gasteiger partial charge in [-0.1, -0.05) is 5.16 Å². The lowest BCUT2D eigenvalue weighted by atomic mass is 10.1. The van der Waals surface area contributed by atoms with Crippen molar-refractivity contribution in [3.8, 4) is 6.01 Å². The van der Waals surface area contributed by atoms with E-state index >= 15 is 0 Å². The summed E-state index contributed by atoms with van der Waals surface area (Å²) in [6.45, 7) is 9.50. The highest BCUT2D eigenvalue weighted by molar-refractivity contribution is 5.37. The first kappa shape index (κ1) is 15.0. The van der Waals surface area contributed by atoms with Gasteiger partial charge in [0, 0.05) is 5.56 Å². The van der Waals surface area contributed by atoms with Crippen LogP contribution < -0.4 is 15.8 Å². The highest BCUT2D eigenvalue weighted by Crippen LogP contribution is 2.24. The molecule has 2 rings (SSSR count). The fraction of sp³-hybridized carbons (Fsp3) is 0.538. The van der Waals surface area contributed by atoms with E-state index < -0.39 is 0 Å². The number of nitrogens with zero attached hydrogens (tertiary/aromatic N) is 4. The first-order valence-electron chi connectivity index (χ1n) is 6.74. The number of hydrogen-bond donors (Lipinski definition) is 2. The van der Waals surface area contributed by atoms with E-state index in [4.69, 9.17) is 15.0 Å². The summed E-state index contributed by atoms with van der Waals surface area (Å²) in [5.74, 6) is 1.22. The van der Waals surface area contributed by atoms with Crippen LogP contribution in [0.15, 0.2) is 4.52 Å². The Morgan fingerprint density at radius 2 is 1.86 bits per heavy atom. The molecule has 0 aliphatic carbocycles. The van der Waals surface area contributed by atoms with Crippen molar-refractivity contribution >= 4 is 11.9 Å². The first-order chi connectivity index (χ1) is 9.86. The summed E-state index contributed by atoms with van der Waals surface area (Å²) in [5, 5.41) is 7.09. The molecule has 114 valence electrons. The Balaban J connectivity index is 2.21. The van der Waals surface area contributed by atoms with E-state index in [1.165, 1.54) is 0 Å². The smallest absolute Gasteiger partial charge is 0.323 e. The molecular weight excluding hydrogens is 272 g/mol. The molecule has 2 aromatic heterocycles. The van der Waals surface area contributed by atoms with E-state index in [9.17, 15) is 0 Å². The van der Waals surface area contributed by atoms with Crippen molar-refractivity contribution in [1.82, 2.24) is 20.1 Å². The highest BCUT2D eigenvalue weighted by Gasteiger charge is 2.18. The number of hydrogen-bond acceptors (Lipinski definition) is 8. The van der Waals surface area contributed by atoms with Crippen LogP contribution >= 0.6 is 0 Å². The predicted octanol–water partition coefficient (Wildman–Crippen LogP) is 2.02.